The van der Waals surface area contributed by atoms with E-state index in [-0.39, 0.29) is 29.3 Å². The van der Waals surface area contributed by atoms with Crippen LogP contribution in [0.15, 0.2) is 48.0 Å². The largest absolute Gasteiger partial charge is 0.349 e. The van der Waals surface area contributed by atoms with Gasteiger partial charge in [-0.05, 0) is 75.9 Å². The number of nitrogens with zero attached hydrogens (tertiary/aromatic N) is 2. The number of fused-ring (bicyclic) bond motifs is 1. The maximum Gasteiger partial charge on any atom is 0.266 e. The highest BCUT2D eigenvalue weighted by Crippen LogP contribution is 2.31. The summed E-state index contributed by atoms with van der Waals surface area (Å²) < 4.78 is 0. The van der Waals surface area contributed by atoms with E-state index in [4.69, 9.17) is 0 Å². The summed E-state index contributed by atoms with van der Waals surface area (Å²) in [5, 5.41) is 3.11. The Labute approximate surface area is 195 Å². The first-order valence-electron chi connectivity index (χ1n) is 11.5. The molecule has 0 unspecified atom stereocenters. The number of allylic oxidation sites excluding steroid dienone is 1. The summed E-state index contributed by atoms with van der Waals surface area (Å²) in [6.45, 7) is 10.8. The maximum absolute atomic E-state index is 13.1. The molecule has 0 bridgehead atoms. The van der Waals surface area contributed by atoms with Crippen molar-refractivity contribution in [1.82, 2.24) is 10.2 Å². The highest BCUT2D eigenvalue weighted by molar-refractivity contribution is 6.35. The van der Waals surface area contributed by atoms with E-state index in [1.54, 1.807) is 18.2 Å². The summed E-state index contributed by atoms with van der Waals surface area (Å²) >= 11 is 0. The van der Waals surface area contributed by atoms with Crippen molar-refractivity contribution in [1.29, 1.82) is 0 Å². The van der Waals surface area contributed by atoms with Crippen LogP contribution >= 0.6 is 0 Å². The number of nitrogens with one attached hydrogen (secondary N) is 1. The lowest BCUT2D eigenvalue weighted by Crippen LogP contribution is -2.44. The number of piperidine rings is 1. The zero-order chi connectivity index (χ0) is 23.7. The topological polar surface area (TPSA) is 69.7 Å². The molecule has 0 saturated carbocycles. The molecule has 2 aliphatic heterocycles. The van der Waals surface area contributed by atoms with Gasteiger partial charge in [-0.2, -0.15) is 0 Å². The maximum atomic E-state index is 13.1. The van der Waals surface area contributed by atoms with Crippen molar-refractivity contribution in [2.24, 2.45) is 0 Å². The molecule has 1 fully saturated rings. The average Bonchev–Trinajstić information content (AvgIpc) is 3.04. The molecule has 1 saturated heterocycles. The Balaban J connectivity index is 1.46. The number of hydrogen-bond acceptors (Lipinski definition) is 4. The van der Waals surface area contributed by atoms with E-state index >= 15 is 0 Å². The second-order valence-corrected chi connectivity index (χ2v) is 9.33. The fraction of sp³-hybridized carbons (Fsp3) is 0.370. The highest BCUT2D eigenvalue weighted by Gasteiger charge is 2.38. The van der Waals surface area contributed by atoms with E-state index in [9.17, 15) is 14.4 Å². The summed E-state index contributed by atoms with van der Waals surface area (Å²) in [6, 6.07) is 10.6. The number of likely N-dealkylation sites (tertiary alicyclic amines) is 1. The monoisotopic (exact) mass is 445 g/mol. The molecule has 0 aliphatic carbocycles. The second kappa shape index (κ2) is 9.32. The lowest BCUT2D eigenvalue weighted by atomic mass is 10.0. The van der Waals surface area contributed by atoms with Crippen molar-refractivity contribution >= 4 is 23.4 Å². The number of carbonyl (C=O) groups excluding carboxylic acids is 3. The Kier molecular flexibility index (Phi) is 6.47. The quantitative estimate of drug-likeness (QED) is 0.551. The average molecular weight is 446 g/mol. The minimum absolute atomic E-state index is 0.109. The Morgan fingerprint density at radius 1 is 1.00 bits per heavy atom. The molecule has 2 heterocycles. The van der Waals surface area contributed by atoms with Crippen LogP contribution in [0.4, 0.5) is 5.69 Å². The van der Waals surface area contributed by atoms with Gasteiger partial charge in [0.15, 0.2) is 0 Å². The summed E-state index contributed by atoms with van der Waals surface area (Å²) in [6.07, 6.45) is 4.01. The van der Waals surface area contributed by atoms with Crippen LogP contribution in [-0.2, 0) is 0 Å². The van der Waals surface area contributed by atoms with Crippen LogP contribution < -0.4 is 10.2 Å². The van der Waals surface area contributed by atoms with Crippen LogP contribution in [0.25, 0.3) is 0 Å². The summed E-state index contributed by atoms with van der Waals surface area (Å²) in [5.74, 6) is -0.934. The van der Waals surface area contributed by atoms with Gasteiger partial charge in [-0.25, -0.2) is 4.90 Å². The molecule has 2 aliphatic rings. The van der Waals surface area contributed by atoms with Crippen LogP contribution in [0.1, 0.15) is 68.9 Å². The smallest absolute Gasteiger partial charge is 0.266 e. The summed E-state index contributed by atoms with van der Waals surface area (Å²) in [5.41, 5.74) is 4.75. The molecular weight excluding hydrogens is 414 g/mol. The highest BCUT2D eigenvalue weighted by atomic mass is 16.2. The minimum Gasteiger partial charge on any atom is -0.349 e. The number of anilines is 1. The Bertz CT molecular complexity index is 1140. The molecule has 0 atom stereocenters. The fourth-order valence-electron chi connectivity index (χ4n) is 4.40. The molecule has 33 heavy (non-hydrogen) atoms. The first kappa shape index (κ1) is 22.9. The van der Waals surface area contributed by atoms with Crippen molar-refractivity contribution in [3.8, 4) is 0 Å². The standard InChI is InChI=1S/C27H31N3O3/c1-17(2)9-12-29-13-10-21(11-14-29)28-25(31)20-7-8-22-23(16-20)27(33)30(26(22)32)24-15-18(3)5-6-19(24)4/h5-9,15-16,21H,10-14H2,1-4H3,(H,28,31). The SMILES string of the molecule is CC(C)=CCN1CCC(NC(=O)c2ccc3c(c2)C(=O)N(c2cc(C)ccc2C)C3=O)CC1. The molecule has 0 radical (unpaired) electrons. The normalized spacial score (nSPS) is 16.7. The van der Waals surface area contributed by atoms with Crippen LogP contribution in [-0.4, -0.2) is 48.3 Å². The van der Waals surface area contributed by atoms with E-state index in [0.29, 0.717) is 16.8 Å². The van der Waals surface area contributed by atoms with Gasteiger partial charge in [0, 0.05) is 31.2 Å². The van der Waals surface area contributed by atoms with E-state index in [0.717, 1.165) is 43.6 Å². The molecule has 0 aromatic heterocycles. The van der Waals surface area contributed by atoms with E-state index in [1.165, 1.54) is 10.5 Å². The molecule has 3 amide bonds. The van der Waals surface area contributed by atoms with Crippen molar-refractivity contribution in [2.75, 3.05) is 24.5 Å². The zero-order valence-corrected chi connectivity index (χ0v) is 19.8. The molecule has 172 valence electrons. The summed E-state index contributed by atoms with van der Waals surface area (Å²) in [4.78, 5) is 42.6. The molecule has 2 aromatic carbocycles. The molecule has 4 rings (SSSR count). The Morgan fingerprint density at radius 3 is 2.39 bits per heavy atom. The van der Waals surface area contributed by atoms with Crippen LogP contribution in [0.2, 0.25) is 0 Å². The molecule has 2 aromatic rings. The predicted octanol–water partition coefficient (Wildman–Crippen LogP) is 4.26. The second-order valence-electron chi connectivity index (χ2n) is 9.33. The minimum atomic E-state index is -0.383. The van der Waals surface area contributed by atoms with Gasteiger partial charge in [0.05, 0.1) is 16.8 Å². The van der Waals surface area contributed by atoms with Gasteiger partial charge < -0.3 is 5.32 Å². The van der Waals surface area contributed by atoms with Gasteiger partial charge in [-0.1, -0.05) is 23.8 Å². The zero-order valence-electron chi connectivity index (χ0n) is 19.8. The van der Waals surface area contributed by atoms with Crippen molar-refractivity contribution in [3.63, 3.8) is 0 Å². The number of hydrogen-bond donors (Lipinski definition) is 1. The van der Waals surface area contributed by atoms with Crippen molar-refractivity contribution in [3.05, 3.63) is 75.9 Å². The molecule has 6 nitrogen and oxygen atoms in total. The van der Waals surface area contributed by atoms with Gasteiger partial charge in [0.25, 0.3) is 17.7 Å². The summed E-state index contributed by atoms with van der Waals surface area (Å²) in [7, 11) is 0. The van der Waals surface area contributed by atoms with Gasteiger partial charge in [0.1, 0.15) is 0 Å². The van der Waals surface area contributed by atoms with E-state index in [2.05, 4.69) is 30.1 Å². The predicted molar refractivity (Wildman–Crippen MR) is 130 cm³/mol. The van der Waals surface area contributed by atoms with Crippen molar-refractivity contribution < 1.29 is 14.4 Å². The van der Waals surface area contributed by atoms with Crippen LogP contribution in [0, 0.1) is 13.8 Å². The van der Waals surface area contributed by atoms with Crippen LogP contribution in [0.5, 0.6) is 0 Å². The third kappa shape index (κ3) is 4.76. The number of imide groups is 1. The number of rotatable bonds is 5. The molecule has 0 spiro atoms. The molecule has 1 N–H and O–H groups in total. The van der Waals surface area contributed by atoms with Gasteiger partial charge in [-0.3, -0.25) is 19.3 Å². The van der Waals surface area contributed by atoms with E-state index in [1.807, 2.05) is 32.0 Å². The van der Waals surface area contributed by atoms with Gasteiger partial charge in [0.2, 0.25) is 0 Å². The number of benzene rings is 2. The molecule has 6 heteroatoms. The van der Waals surface area contributed by atoms with Crippen LogP contribution in [0.3, 0.4) is 0 Å². The fourth-order valence-corrected chi connectivity index (χ4v) is 4.40. The number of aryl methyl sites for hydroxylation is 2. The number of amides is 3. The number of carbonyl (C=O) groups is 3. The Morgan fingerprint density at radius 2 is 1.70 bits per heavy atom. The lowest BCUT2D eigenvalue weighted by Gasteiger charge is -2.31. The van der Waals surface area contributed by atoms with Gasteiger partial charge >= 0.3 is 0 Å². The van der Waals surface area contributed by atoms with E-state index < -0.39 is 0 Å². The van der Waals surface area contributed by atoms with Gasteiger partial charge in [-0.15, -0.1) is 0 Å². The third-order valence-electron chi connectivity index (χ3n) is 6.43. The lowest BCUT2D eigenvalue weighted by molar-refractivity contribution is 0.0909. The first-order chi connectivity index (χ1) is 15.7. The molecular formula is C27H31N3O3. The Hall–Kier alpha value is -3.25. The third-order valence-corrected chi connectivity index (χ3v) is 6.43. The van der Waals surface area contributed by atoms with Crippen molar-refractivity contribution in [2.45, 2.75) is 46.6 Å². The first-order valence-corrected chi connectivity index (χ1v) is 11.5.